The summed E-state index contributed by atoms with van der Waals surface area (Å²) in [5, 5.41) is 10.9. The van der Waals surface area contributed by atoms with Crippen molar-refractivity contribution in [3.05, 3.63) is 47.8 Å². The van der Waals surface area contributed by atoms with E-state index in [0.29, 0.717) is 13.2 Å². The molecule has 1 aromatic heterocycles. The van der Waals surface area contributed by atoms with E-state index < -0.39 is 0 Å². The van der Waals surface area contributed by atoms with Gasteiger partial charge in [-0.1, -0.05) is 18.2 Å². The topological polar surface area (TPSA) is 68.2 Å². The van der Waals surface area contributed by atoms with E-state index in [1.165, 1.54) is 0 Å². The third-order valence-corrected chi connectivity index (χ3v) is 5.21. The lowest BCUT2D eigenvalue weighted by atomic mass is 9.89. The molecule has 0 radical (unpaired) electrons. The molecule has 3 heterocycles. The molecule has 1 fully saturated rings. The first-order valence-corrected chi connectivity index (χ1v) is 8.94. The monoisotopic (exact) mass is 376 g/mol. The van der Waals surface area contributed by atoms with Crippen molar-refractivity contribution < 1.29 is 9.53 Å². The molecule has 3 atom stereocenters. The van der Waals surface area contributed by atoms with Crippen LogP contribution in [-0.4, -0.2) is 35.4 Å². The number of aryl methyl sites for hydroxylation is 1. The van der Waals surface area contributed by atoms with Gasteiger partial charge in [-0.25, -0.2) is 0 Å². The largest absolute Gasteiger partial charge is 0.493 e. The number of nitrogens with one attached hydrogen (secondary N) is 2. The number of hydrogen-bond acceptors (Lipinski definition) is 4. The summed E-state index contributed by atoms with van der Waals surface area (Å²) in [4.78, 5) is 13.0. The third kappa shape index (κ3) is 3.71. The van der Waals surface area contributed by atoms with Gasteiger partial charge in [0.15, 0.2) is 0 Å². The van der Waals surface area contributed by atoms with Crippen molar-refractivity contribution in [1.82, 2.24) is 20.4 Å². The summed E-state index contributed by atoms with van der Waals surface area (Å²) in [5.41, 5.74) is 2.20. The van der Waals surface area contributed by atoms with Crippen LogP contribution in [0.3, 0.4) is 0 Å². The highest BCUT2D eigenvalue weighted by atomic mass is 35.5. The van der Waals surface area contributed by atoms with Crippen LogP contribution in [0.5, 0.6) is 5.75 Å². The molecule has 0 saturated carbocycles. The molecule has 1 amide bonds. The van der Waals surface area contributed by atoms with Crippen LogP contribution < -0.4 is 15.4 Å². The van der Waals surface area contributed by atoms with E-state index in [2.05, 4.69) is 21.8 Å². The van der Waals surface area contributed by atoms with Crippen LogP contribution in [0.4, 0.5) is 0 Å². The number of aromatic nitrogens is 2. The van der Waals surface area contributed by atoms with E-state index in [1.54, 1.807) is 4.68 Å². The van der Waals surface area contributed by atoms with Gasteiger partial charge in [-0.15, -0.1) is 12.4 Å². The molecule has 7 heteroatoms. The number of carbonyl (C=O) groups is 1. The van der Waals surface area contributed by atoms with Crippen LogP contribution in [0.1, 0.15) is 35.9 Å². The lowest BCUT2D eigenvalue weighted by molar-refractivity contribution is -0.125. The fraction of sp³-hybridized carbons (Fsp3) is 0.474. The molecule has 0 aliphatic carbocycles. The number of hydrogen-bond donors (Lipinski definition) is 2. The van der Waals surface area contributed by atoms with E-state index in [-0.39, 0.29) is 36.2 Å². The van der Waals surface area contributed by atoms with E-state index >= 15 is 0 Å². The summed E-state index contributed by atoms with van der Waals surface area (Å²) >= 11 is 0. The van der Waals surface area contributed by atoms with Crippen LogP contribution in [0.25, 0.3) is 0 Å². The second-order valence-electron chi connectivity index (χ2n) is 6.91. The molecular formula is C19H25ClN4O2. The smallest absolute Gasteiger partial charge is 0.225 e. The minimum absolute atomic E-state index is 0. The molecule has 26 heavy (non-hydrogen) atoms. The minimum Gasteiger partial charge on any atom is -0.493 e. The first-order valence-electron chi connectivity index (χ1n) is 8.94. The summed E-state index contributed by atoms with van der Waals surface area (Å²) in [6.45, 7) is 2.22. The molecule has 2 aromatic rings. The zero-order chi connectivity index (χ0) is 17.2. The summed E-state index contributed by atoms with van der Waals surface area (Å²) in [5.74, 6) is 1.10. The number of nitrogens with zero attached hydrogens (tertiary/aromatic N) is 2. The molecule has 0 spiro atoms. The molecular weight excluding hydrogens is 352 g/mol. The lowest BCUT2D eigenvalue weighted by Crippen LogP contribution is -2.36. The van der Waals surface area contributed by atoms with E-state index in [1.807, 2.05) is 37.6 Å². The van der Waals surface area contributed by atoms with Gasteiger partial charge in [-0.2, -0.15) is 5.10 Å². The molecule has 1 aromatic carbocycles. The van der Waals surface area contributed by atoms with E-state index in [4.69, 9.17) is 4.74 Å². The van der Waals surface area contributed by atoms with E-state index in [9.17, 15) is 4.79 Å². The van der Waals surface area contributed by atoms with Crippen molar-refractivity contribution in [3.8, 4) is 5.75 Å². The number of ether oxygens (including phenoxy) is 1. The Balaban J connectivity index is 0.00000196. The highest BCUT2D eigenvalue weighted by Crippen LogP contribution is 2.33. The summed E-state index contributed by atoms with van der Waals surface area (Å²) in [6.07, 6.45) is 5.72. The third-order valence-electron chi connectivity index (χ3n) is 5.21. The molecule has 6 nitrogen and oxygen atoms in total. The van der Waals surface area contributed by atoms with Crippen molar-refractivity contribution >= 4 is 18.3 Å². The highest BCUT2D eigenvalue weighted by Gasteiger charge is 2.36. The Morgan fingerprint density at radius 3 is 3.00 bits per heavy atom. The number of carbonyl (C=O) groups excluding carboxylic acids is 1. The standard InChI is InChI=1S/C19H24N4O2.ClH/c1-23-12-13(9-21-23)15-10-20-11-16(15)19(24)22-17-6-4-8-25-18-7-3-2-5-14(17)18;/h2-3,5,7,9,12,15-17,20H,4,6,8,10-11H2,1H3,(H,22,24);1H/t15-,16+,17?;/m1./s1. The van der Waals surface area contributed by atoms with Crippen LogP contribution in [0.15, 0.2) is 36.7 Å². The molecule has 4 rings (SSSR count). The lowest BCUT2D eigenvalue weighted by Gasteiger charge is -2.23. The van der Waals surface area contributed by atoms with Gasteiger partial charge in [-0.05, 0) is 24.5 Å². The zero-order valence-electron chi connectivity index (χ0n) is 14.9. The van der Waals surface area contributed by atoms with Gasteiger partial charge in [0.1, 0.15) is 5.75 Å². The Hall–Kier alpha value is -2.05. The number of amides is 1. The van der Waals surface area contributed by atoms with Gasteiger partial charge < -0.3 is 15.4 Å². The SMILES string of the molecule is Cl.Cn1cc([C@H]2CNC[C@@H]2C(=O)NC2CCCOc3ccccc32)cn1. The predicted molar refractivity (Wildman–Crippen MR) is 102 cm³/mol. The van der Waals surface area contributed by atoms with E-state index in [0.717, 1.165) is 36.3 Å². The Morgan fingerprint density at radius 2 is 2.19 bits per heavy atom. The maximum Gasteiger partial charge on any atom is 0.225 e. The number of halogens is 1. The molecule has 1 saturated heterocycles. The van der Waals surface area contributed by atoms with Crippen molar-refractivity contribution in [2.24, 2.45) is 13.0 Å². The molecule has 1 unspecified atom stereocenters. The quantitative estimate of drug-likeness (QED) is 0.861. The number of rotatable bonds is 3. The molecule has 2 aliphatic heterocycles. The van der Waals surface area contributed by atoms with Crippen molar-refractivity contribution in [1.29, 1.82) is 0 Å². The Labute approximate surface area is 159 Å². The minimum atomic E-state index is -0.0690. The molecule has 140 valence electrons. The highest BCUT2D eigenvalue weighted by molar-refractivity contribution is 5.85. The molecule has 2 aliphatic rings. The summed E-state index contributed by atoms with van der Waals surface area (Å²) < 4.78 is 7.60. The Kier molecular flexibility index (Phi) is 5.84. The van der Waals surface area contributed by atoms with Crippen LogP contribution in [-0.2, 0) is 11.8 Å². The van der Waals surface area contributed by atoms with Gasteiger partial charge in [-0.3, -0.25) is 9.48 Å². The maximum atomic E-state index is 13.0. The number of para-hydroxylation sites is 1. The molecule has 2 N–H and O–H groups in total. The zero-order valence-corrected chi connectivity index (χ0v) is 15.7. The Morgan fingerprint density at radius 1 is 1.35 bits per heavy atom. The van der Waals surface area contributed by atoms with Gasteiger partial charge in [0.2, 0.25) is 5.91 Å². The van der Waals surface area contributed by atoms with Crippen molar-refractivity contribution in [2.45, 2.75) is 24.8 Å². The van der Waals surface area contributed by atoms with Crippen LogP contribution in [0, 0.1) is 5.92 Å². The Bertz CT molecular complexity index is 764. The van der Waals surface area contributed by atoms with Gasteiger partial charge in [0, 0.05) is 37.8 Å². The van der Waals surface area contributed by atoms with Gasteiger partial charge in [0.05, 0.1) is 24.8 Å². The van der Waals surface area contributed by atoms with Crippen molar-refractivity contribution in [2.75, 3.05) is 19.7 Å². The summed E-state index contributed by atoms with van der Waals surface area (Å²) in [6, 6.07) is 8.03. The predicted octanol–water partition coefficient (Wildman–Crippen LogP) is 2.17. The maximum absolute atomic E-state index is 13.0. The number of benzene rings is 1. The first kappa shape index (κ1) is 18.7. The van der Waals surface area contributed by atoms with Crippen LogP contribution in [0.2, 0.25) is 0 Å². The average Bonchev–Trinajstić information content (AvgIpc) is 3.22. The average molecular weight is 377 g/mol. The molecule has 0 bridgehead atoms. The normalized spacial score (nSPS) is 24.7. The first-order chi connectivity index (χ1) is 12.2. The second-order valence-corrected chi connectivity index (χ2v) is 6.91. The fourth-order valence-corrected chi connectivity index (χ4v) is 3.89. The summed E-state index contributed by atoms with van der Waals surface area (Å²) in [7, 11) is 1.91. The van der Waals surface area contributed by atoms with Gasteiger partial charge >= 0.3 is 0 Å². The van der Waals surface area contributed by atoms with Crippen LogP contribution >= 0.6 is 12.4 Å². The number of fused-ring (bicyclic) bond motifs is 1. The second kappa shape index (κ2) is 8.10. The van der Waals surface area contributed by atoms with Crippen molar-refractivity contribution in [3.63, 3.8) is 0 Å². The fourth-order valence-electron chi connectivity index (χ4n) is 3.89. The van der Waals surface area contributed by atoms with Gasteiger partial charge in [0.25, 0.3) is 0 Å².